The van der Waals surface area contributed by atoms with E-state index < -0.39 is 0 Å². The lowest BCUT2D eigenvalue weighted by Crippen LogP contribution is -2.44. The fourth-order valence-corrected chi connectivity index (χ4v) is 17.3. The summed E-state index contributed by atoms with van der Waals surface area (Å²) in [4.78, 5) is 47.1. The first-order valence-electron chi connectivity index (χ1n) is 48.7. The predicted molar refractivity (Wildman–Crippen MR) is 572 cm³/mol. The summed E-state index contributed by atoms with van der Waals surface area (Å²) >= 11 is 0. The molecule has 5 aliphatic rings. The quantitative estimate of drug-likeness (QED) is 0.0174. The number of hydrogen-bond donors (Lipinski definition) is 15. The van der Waals surface area contributed by atoms with Crippen LogP contribution >= 0.6 is 0 Å². The Balaban J connectivity index is 0.000000150. The molecule has 0 aromatic carbocycles. The van der Waals surface area contributed by atoms with E-state index in [2.05, 4.69) is 168 Å². The van der Waals surface area contributed by atoms with Crippen LogP contribution in [0.5, 0.6) is 11.8 Å². The van der Waals surface area contributed by atoms with Crippen LogP contribution in [0, 0.1) is 99.3 Å². The summed E-state index contributed by atoms with van der Waals surface area (Å²) < 4.78 is 26.7. The molecule has 2 saturated heterocycles. The standard InChI is InChI=1S/C39H57N15.C35H41N15.C27H31N9O4/c1-26-9-11-32-34(38(47-53(32)28(26)3)42-13-7-15-51-21-17-49(5)18-22-51)44-36-30(40)25-31(41)37(46-36)45-35-33-12-10-27(2)29(4)54(33)48-39(35)43-14-8-16-52-23-19-50(6)20-24-52;1-22-7-9-28-30(34(45-49(28)24(22)3)40-11-5-15-47-17-13-38-20-47)42-32-26(36)19-27(37)33(44-32)43-31-29-10-8-23(2)25(4)50(29)46-35(31)41-12-6-16-48-18-14-39-21-48;1-14-5-7-20-22(26(39-11-9-37)33-35(20)16(14)3)30-24-18(28)13-19(29)25(32-24)31-23-21-8-6-15(2)17(4)36(21)34-27(23)40-12-10-38/h9-12,25,40H,7-8,13-24,41H2,1-6H3,(H,42,47)(H,43,48)(H,44,45,46);7-10,13-14,17-21,36H,5-6,11-12,15-16,37H2,1-4H3,(H,40,45)(H,41,46)(H,42,43,44);5-8,13,28,37-38H,9-12,29H2,1-4H3,(H,30,31,32). The average Bonchev–Trinajstić information content (AvgIpc) is 1.62. The van der Waals surface area contributed by atoms with Crippen molar-refractivity contribution < 1.29 is 19.7 Å². The van der Waals surface area contributed by atoms with Crippen molar-refractivity contribution in [3.8, 4) is 11.8 Å². The maximum atomic E-state index is 9.32. The number of nitrogens with one attached hydrogen (secondary N) is 10. The first-order valence-corrected chi connectivity index (χ1v) is 48.7. The maximum Gasteiger partial charge on any atom is 0.260 e. The number of nitrogens with zero attached hydrogens (tertiary/aromatic N) is 26. The molecule has 5 aliphatic heterocycles. The molecule has 0 amide bonds. The molecular weight excluding hydrogens is 1820 g/mol. The predicted octanol–water partition coefficient (Wildman–Crippen LogP) is 11.1. The van der Waals surface area contributed by atoms with Crippen LogP contribution < -0.4 is 63.9 Å². The molecule has 43 nitrogen and oxygen atoms in total. The number of ether oxygens (including phenoxy) is 2. The number of amidine groups is 6. The third-order valence-electron chi connectivity index (χ3n) is 26.8. The summed E-state index contributed by atoms with van der Waals surface area (Å²) in [6.45, 7) is 39.5. The lowest BCUT2D eigenvalue weighted by Gasteiger charge is -2.32. The zero-order valence-electron chi connectivity index (χ0n) is 84.2. The van der Waals surface area contributed by atoms with Crippen molar-refractivity contribution in [2.45, 2.75) is 122 Å². The van der Waals surface area contributed by atoms with Crippen LogP contribution in [-0.2, 0) is 13.1 Å². The number of pyridine rings is 6. The second-order valence-electron chi connectivity index (χ2n) is 36.8. The lowest BCUT2D eigenvalue weighted by atomic mass is 10.2. The van der Waals surface area contributed by atoms with E-state index in [0.29, 0.717) is 93.2 Å². The molecule has 752 valence electrons. The van der Waals surface area contributed by atoms with Crippen molar-refractivity contribution in [3.63, 3.8) is 0 Å². The van der Waals surface area contributed by atoms with E-state index in [4.69, 9.17) is 88.3 Å². The highest BCUT2D eigenvalue weighted by molar-refractivity contribution is 6.54. The molecule has 0 saturated carbocycles. The van der Waals surface area contributed by atoms with Gasteiger partial charge in [0.15, 0.2) is 64.0 Å². The van der Waals surface area contributed by atoms with Gasteiger partial charge in [0.2, 0.25) is 0 Å². The Morgan fingerprint density at radius 3 is 1.01 bits per heavy atom. The summed E-state index contributed by atoms with van der Waals surface area (Å²) in [7, 11) is 4.37. The van der Waals surface area contributed by atoms with Crippen molar-refractivity contribution in [2.75, 3.05) is 169 Å². The van der Waals surface area contributed by atoms with E-state index >= 15 is 0 Å². The Morgan fingerprint density at radius 2 is 0.646 bits per heavy atom. The van der Waals surface area contributed by atoms with Gasteiger partial charge < -0.3 is 103 Å². The third kappa shape index (κ3) is 21.9. The molecule has 14 aromatic rings. The number of nitrogens with two attached hydrogens (primary N) is 3. The number of hydrogen-bond acceptors (Lipinski definition) is 32. The second-order valence-corrected chi connectivity index (χ2v) is 36.8. The zero-order chi connectivity index (χ0) is 101. The summed E-state index contributed by atoms with van der Waals surface area (Å²) in [5, 5.41) is 98.0. The number of piperazine rings is 2. The van der Waals surface area contributed by atoms with Gasteiger partial charge in [-0.1, -0.05) is 36.4 Å². The van der Waals surface area contributed by atoms with Crippen LogP contribution in [0.1, 0.15) is 93.2 Å². The summed E-state index contributed by atoms with van der Waals surface area (Å²) in [5.41, 5.74) is 41.5. The summed E-state index contributed by atoms with van der Waals surface area (Å²) in [6, 6.07) is 24.1. The number of aliphatic hydroxyl groups excluding tert-OH is 2. The normalized spacial score (nSPS) is 16.0. The monoisotopic (exact) mass is 1950 g/mol. The fraction of sp³-hybridized carbons (Fsp3) is 0.376. The Morgan fingerprint density at radius 1 is 0.354 bits per heavy atom. The van der Waals surface area contributed by atoms with Gasteiger partial charge in [-0.3, -0.25) is 16.2 Å². The van der Waals surface area contributed by atoms with Crippen LogP contribution in [-0.4, -0.2) is 291 Å². The Bertz CT molecular complexity index is 7470. The highest BCUT2D eigenvalue weighted by atomic mass is 16.5. The zero-order valence-corrected chi connectivity index (χ0v) is 84.2. The van der Waals surface area contributed by atoms with Crippen LogP contribution in [0.3, 0.4) is 0 Å². The van der Waals surface area contributed by atoms with Gasteiger partial charge in [-0.25, -0.2) is 67.0 Å². The minimum Gasteiger partial charge on any atom is -0.473 e. The molecular formula is C101H129N39O4. The number of dihydropyridines is 3. The van der Waals surface area contributed by atoms with Crippen molar-refractivity contribution in [3.05, 3.63) is 213 Å². The van der Waals surface area contributed by atoms with Crippen LogP contribution in [0.15, 0.2) is 176 Å². The summed E-state index contributed by atoms with van der Waals surface area (Å²) in [5.74, 6) is 4.78. The number of aliphatic imine (C=N–C) groups is 6. The largest absolute Gasteiger partial charge is 0.473 e. The van der Waals surface area contributed by atoms with Crippen molar-refractivity contribution >= 4 is 143 Å². The van der Waals surface area contributed by atoms with Gasteiger partial charge >= 0.3 is 0 Å². The molecule has 2 fully saturated rings. The molecule has 0 unspecified atom stereocenters. The van der Waals surface area contributed by atoms with Gasteiger partial charge in [0.05, 0.1) is 93.2 Å². The smallest absolute Gasteiger partial charge is 0.260 e. The number of imidazole rings is 2. The average molecular weight is 1950 g/mol. The first-order chi connectivity index (χ1) is 69.5. The third-order valence-corrected chi connectivity index (χ3v) is 26.8. The number of aromatic nitrogens is 16. The molecule has 144 heavy (non-hydrogen) atoms. The number of fused-ring (bicyclic) bond motifs is 6. The highest BCUT2D eigenvalue weighted by Crippen LogP contribution is 2.40. The second kappa shape index (κ2) is 44.1. The Hall–Kier alpha value is -15.8. The molecule has 43 heteroatoms. The van der Waals surface area contributed by atoms with Crippen LogP contribution in [0.25, 0.3) is 33.1 Å². The molecule has 0 bridgehead atoms. The van der Waals surface area contributed by atoms with E-state index in [1.165, 1.54) is 6.08 Å². The van der Waals surface area contributed by atoms with E-state index in [1.54, 1.807) is 33.6 Å². The highest BCUT2D eigenvalue weighted by Gasteiger charge is 2.31. The Kier molecular flexibility index (Phi) is 30.6. The molecule has 0 atom stereocenters. The minimum absolute atomic E-state index is 0.0377. The molecule has 19 rings (SSSR count). The maximum absolute atomic E-state index is 9.32. The number of anilines is 7. The molecule has 18 N–H and O–H groups in total. The van der Waals surface area contributed by atoms with Crippen molar-refractivity contribution in [1.82, 2.24) is 96.4 Å². The van der Waals surface area contributed by atoms with Gasteiger partial charge in [-0.15, -0.1) is 30.6 Å². The van der Waals surface area contributed by atoms with E-state index in [9.17, 15) is 10.2 Å². The molecule has 0 radical (unpaired) electrons. The van der Waals surface area contributed by atoms with Gasteiger partial charge in [0, 0.05) is 151 Å². The number of likely N-dealkylation sites (N-methyl/N-ethyl adjacent to an activating group) is 2. The lowest BCUT2D eigenvalue weighted by molar-refractivity contribution is 0.154. The van der Waals surface area contributed by atoms with Crippen LogP contribution in [0.2, 0.25) is 0 Å². The molecule has 14 aromatic heterocycles. The minimum atomic E-state index is -0.188. The van der Waals surface area contributed by atoms with E-state index in [0.717, 1.165) is 224 Å². The van der Waals surface area contributed by atoms with Gasteiger partial charge in [0.25, 0.3) is 11.8 Å². The molecule has 0 aliphatic carbocycles. The topological polar surface area (TPSA) is 519 Å². The van der Waals surface area contributed by atoms with Gasteiger partial charge in [-0.05, 0) is 224 Å². The van der Waals surface area contributed by atoms with Gasteiger partial charge in [-0.2, -0.15) is 0 Å². The summed E-state index contributed by atoms with van der Waals surface area (Å²) in [6.07, 6.45) is 19.4. The van der Waals surface area contributed by atoms with Crippen LogP contribution in [0.4, 0.5) is 57.4 Å². The van der Waals surface area contributed by atoms with Crippen molar-refractivity contribution in [2.24, 2.45) is 47.2 Å². The number of aryl methyl sites for hydroxylation is 14. The van der Waals surface area contributed by atoms with Gasteiger partial charge in [0.1, 0.15) is 41.7 Å². The SMILES string of the molecule is Cc1ccc2c(N=C3N=C(Nc4c(NCCCN5CCN(C)CC5)nn5c(C)c(C)ccc45)C(=N)C=C3N)c(NCCCN3CCN(C)CC3)nn2c1C.Cc1ccc2c(N=C3N=C(Nc4c(NCCCn5ccnc5)nn5c(C)c(C)ccc45)C(=N)C=C3N)c(NCCCn3ccnc3)nn2c1C.Cc1ccc2c(N=C3N=C(Nc4c(OCCO)nn5c(C)c(C)ccc45)C(=N)C=C3N)c(OCCO)nn2c1C. The van der Waals surface area contributed by atoms with E-state index in [-0.39, 0.29) is 78.5 Å². The Labute approximate surface area is 833 Å². The molecule has 19 heterocycles. The molecule has 0 spiro atoms. The fourth-order valence-electron chi connectivity index (χ4n) is 17.3. The number of aliphatic hydroxyl groups is 2. The number of rotatable bonds is 32. The van der Waals surface area contributed by atoms with Crippen molar-refractivity contribution in [1.29, 1.82) is 16.2 Å². The first kappa shape index (κ1) is 99.7. The van der Waals surface area contributed by atoms with E-state index in [1.807, 2.05) is 136 Å².